The Morgan fingerprint density at radius 1 is 1.37 bits per heavy atom. The number of nitrogens with one attached hydrogen (secondary N) is 1. The zero-order valence-electron chi connectivity index (χ0n) is 11.4. The maximum Gasteiger partial charge on any atom is 0.223 e. The molecule has 0 bridgehead atoms. The predicted octanol–water partition coefficient (Wildman–Crippen LogP) is 3.45. The predicted molar refractivity (Wildman–Crippen MR) is 83.4 cm³/mol. The first-order valence-electron chi connectivity index (χ1n) is 6.50. The molecule has 3 nitrogen and oxygen atoms in total. The van der Waals surface area contributed by atoms with Gasteiger partial charge in [0.2, 0.25) is 5.91 Å². The minimum absolute atomic E-state index is 0.192. The molecule has 0 saturated carbocycles. The molecule has 0 fully saturated rings. The van der Waals surface area contributed by atoms with E-state index in [2.05, 4.69) is 21.2 Å². The number of halogens is 2. The molecule has 0 spiro atoms. The van der Waals surface area contributed by atoms with E-state index in [0.717, 1.165) is 28.1 Å². The van der Waals surface area contributed by atoms with Gasteiger partial charge in [0.25, 0.3) is 0 Å². The van der Waals surface area contributed by atoms with E-state index in [9.17, 15) is 4.79 Å². The van der Waals surface area contributed by atoms with E-state index in [1.54, 1.807) is 0 Å². The fourth-order valence-corrected chi connectivity index (χ4v) is 2.42. The second-order valence-electron chi connectivity index (χ2n) is 4.23. The van der Waals surface area contributed by atoms with Gasteiger partial charge in [-0.25, -0.2) is 0 Å². The first-order valence-corrected chi connectivity index (χ1v) is 7.68. The summed E-state index contributed by atoms with van der Waals surface area (Å²) in [4.78, 5) is 13.6. The molecule has 5 heteroatoms. The number of benzene rings is 1. The molecule has 106 valence electrons. The number of nitrogens with zero attached hydrogens (tertiary/aromatic N) is 1. The lowest BCUT2D eigenvalue weighted by Crippen LogP contribution is -2.32. The lowest BCUT2D eigenvalue weighted by atomic mass is 10.2. The Kier molecular flexibility index (Phi) is 7.42. The Balaban J connectivity index is 2.35. The molecule has 0 saturated heterocycles. The van der Waals surface area contributed by atoms with Crippen LogP contribution in [-0.4, -0.2) is 30.4 Å². The van der Waals surface area contributed by atoms with Crippen LogP contribution in [0.4, 0.5) is 0 Å². The average molecular weight is 348 g/mol. The van der Waals surface area contributed by atoms with Crippen LogP contribution in [0.1, 0.15) is 25.8 Å². The monoisotopic (exact) mass is 346 g/mol. The number of carbonyl (C=O) groups excluding carboxylic acids is 1. The largest absolute Gasteiger partial charge is 0.343 e. The Morgan fingerprint density at radius 2 is 2.05 bits per heavy atom. The van der Waals surface area contributed by atoms with E-state index in [1.807, 2.05) is 36.9 Å². The highest BCUT2D eigenvalue weighted by atomic mass is 79.9. The fourth-order valence-electron chi connectivity index (χ4n) is 1.83. The van der Waals surface area contributed by atoms with Gasteiger partial charge < -0.3 is 10.2 Å². The van der Waals surface area contributed by atoms with Gasteiger partial charge in [-0.05, 0) is 37.6 Å². The summed E-state index contributed by atoms with van der Waals surface area (Å²) in [5.41, 5.74) is 1.03. The molecule has 0 aliphatic carbocycles. The SMILES string of the molecule is CCN(CC)C(=O)CCNCc1cc(Br)ccc1Cl. The van der Waals surface area contributed by atoms with E-state index in [4.69, 9.17) is 11.6 Å². The summed E-state index contributed by atoms with van der Waals surface area (Å²) < 4.78 is 1.01. The molecular formula is C14H20BrClN2O. The molecule has 0 aliphatic rings. The highest BCUT2D eigenvalue weighted by Crippen LogP contribution is 2.20. The molecule has 0 radical (unpaired) electrons. The van der Waals surface area contributed by atoms with Gasteiger partial charge in [-0.2, -0.15) is 0 Å². The minimum atomic E-state index is 0.192. The van der Waals surface area contributed by atoms with E-state index < -0.39 is 0 Å². The lowest BCUT2D eigenvalue weighted by molar-refractivity contribution is -0.130. The van der Waals surface area contributed by atoms with Crippen molar-refractivity contribution in [3.05, 3.63) is 33.3 Å². The van der Waals surface area contributed by atoms with Crippen molar-refractivity contribution in [3.8, 4) is 0 Å². The van der Waals surface area contributed by atoms with Crippen molar-refractivity contribution >= 4 is 33.4 Å². The smallest absolute Gasteiger partial charge is 0.223 e. The van der Waals surface area contributed by atoms with E-state index in [0.29, 0.717) is 19.5 Å². The molecule has 1 aromatic carbocycles. The van der Waals surface area contributed by atoms with Crippen LogP contribution in [0.5, 0.6) is 0 Å². The average Bonchev–Trinajstić information content (AvgIpc) is 2.40. The molecule has 0 atom stereocenters. The van der Waals surface area contributed by atoms with Gasteiger partial charge in [0, 0.05) is 42.1 Å². The summed E-state index contributed by atoms with van der Waals surface area (Å²) >= 11 is 9.52. The van der Waals surface area contributed by atoms with Gasteiger partial charge in [-0.3, -0.25) is 4.79 Å². The summed E-state index contributed by atoms with van der Waals surface area (Å²) in [6.07, 6.45) is 0.521. The van der Waals surface area contributed by atoms with Crippen molar-refractivity contribution < 1.29 is 4.79 Å². The second kappa shape index (κ2) is 8.56. The minimum Gasteiger partial charge on any atom is -0.343 e. The van der Waals surface area contributed by atoms with Crippen LogP contribution in [0.3, 0.4) is 0 Å². The molecule has 1 N–H and O–H groups in total. The van der Waals surface area contributed by atoms with Crippen molar-refractivity contribution in [2.45, 2.75) is 26.8 Å². The van der Waals surface area contributed by atoms with Crippen molar-refractivity contribution in [1.29, 1.82) is 0 Å². The Hall–Kier alpha value is -0.580. The summed E-state index contributed by atoms with van der Waals surface area (Å²) in [5, 5.41) is 3.99. The van der Waals surface area contributed by atoms with E-state index in [-0.39, 0.29) is 5.91 Å². The second-order valence-corrected chi connectivity index (χ2v) is 5.55. The third kappa shape index (κ3) is 5.51. The maximum absolute atomic E-state index is 11.8. The van der Waals surface area contributed by atoms with Crippen LogP contribution >= 0.6 is 27.5 Å². The summed E-state index contributed by atoms with van der Waals surface area (Å²) in [7, 11) is 0. The Labute approximate surface area is 128 Å². The van der Waals surface area contributed by atoms with Crippen molar-refractivity contribution in [3.63, 3.8) is 0 Å². The van der Waals surface area contributed by atoms with Crippen LogP contribution in [0.15, 0.2) is 22.7 Å². The molecule has 0 unspecified atom stereocenters. The molecule has 19 heavy (non-hydrogen) atoms. The normalized spacial score (nSPS) is 10.5. The Morgan fingerprint density at radius 3 is 2.68 bits per heavy atom. The summed E-state index contributed by atoms with van der Waals surface area (Å²) in [6.45, 7) is 6.87. The van der Waals surface area contributed by atoms with Gasteiger partial charge in [0.1, 0.15) is 0 Å². The number of hydrogen-bond donors (Lipinski definition) is 1. The number of hydrogen-bond acceptors (Lipinski definition) is 2. The highest BCUT2D eigenvalue weighted by molar-refractivity contribution is 9.10. The zero-order chi connectivity index (χ0) is 14.3. The van der Waals surface area contributed by atoms with Crippen LogP contribution < -0.4 is 5.32 Å². The molecule has 0 aromatic heterocycles. The standard InChI is InChI=1S/C14H20BrClN2O/c1-3-18(4-2)14(19)7-8-17-10-11-9-12(15)5-6-13(11)16/h5-6,9,17H,3-4,7-8,10H2,1-2H3. The molecule has 0 aliphatic heterocycles. The molecule has 1 rings (SSSR count). The van der Waals surface area contributed by atoms with Crippen molar-refractivity contribution in [2.75, 3.05) is 19.6 Å². The van der Waals surface area contributed by atoms with Crippen LogP contribution in [0.2, 0.25) is 5.02 Å². The quantitative estimate of drug-likeness (QED) is 0.766. The molecule has 1 aromatic rings. The van der Waals surface area contributed by atoms with Gasteiger partial charge in [0.05, 0.1) is 0 Å². The first kappa shape index (κ1) is 16.5. The van der Waals surface area contributed by atoms with Crippen molar-refractivity contribution in [1.82, 2.24) is 10.2 Å². The zero-order valence-corrected chi connectivity index (χ0v) is 13.7. The fraction of sp³-hybridized carbons (Fsp3) is 0.500. The number of rotatable bonds is 7. The van der Waals surface area contributed by atoms with Gasteiger partial charge in [-0.15, -0.1) is 0 Å². The third-order valence-electron chi connectivity index (χ3n) is 2.96. The van der Waals surface area contributed by atoms with Gasteiger partial charge in [0.15, 0.2) is 0 Å². The Bertz CT molecular complexity index is 422. The summed E-state index contributed by atoms with van der Waals surface area (Å²) in [6, 6.07) is 5.76. The van der Waals surface area contributed by atoms with Gasteiger partial charge >= 0.3 is 0 Å². The lowest BCUT2D eigenvalue weighted by Gasteiger charge is -2.18. The van der Waals surface area contributed by atoms with E-state index in [1.165, 1.54) is 0 Å². The molecular weight excluding hydrogens is 328 g/mol. The van der Waals surface area contributed by atoms with Crippen LogP contribution in [0.25, 0.3) is 0 Å². The van der Waals surface area contributed by atoms with Crippen LogP contribution in [0, 0.1) is 0 Å². The molecule has 0 heterocycles. The third-order valence-corrected chi connectivity index (χ3v) is 3.82. The highest BCUT2D eigenvalue weighted by Gasteiger charge is 2.08. The topological polar surface area (TPSA) is 32.3 Å². The van der Waals surface area contributed by atoms with Crippen molar-refractivity contribution in [2.24, 2.45) is 0 Å². The summed E-state index contributed by atoms with van der Waals surface area (Å²) in [5.74, 6) is 0.192. The molecule has 1 amide bonds. The van der Waals surface area contributed by atoms with Crippen LogP contribution in [-0.2, 0) is 11.3 Å². The first-order chi connectivity index (χ1) is 9.08. The van der Waals surface area contributed by atoms with E-state index >= 15 is 0 Å². The number of amides is 1. The number of carbonyl (C=O) groups is 1. The maximum atomic E-state index is 11.8. The van der Waals surface area contributed by atoms with Gasteiger partial charge in [-0.1, -0.05) is 27.5 Å².